The third-order valence-electron chi connectivity index (χ3n) is 3.39. The molecule has 1 aliphatic heterocycles. The van der Waals surface area contributed by atoms with Crippen molar-refractivity contribution in [3.05, 3.63) is 35.4 Å². The van der Waals surface area contributed by atoms with Gasteiger partial charge in [0.1, 0.15) is 0 Å². The normalized spacial score (nSPS) is 19.2. The van der Waals surface area contributed by atoms with Crippen LogP contribution in [0, 0.1) is 6.92 Å². The summed E-state index contributed by atoms with van der Waals surface area (Å²) in [6, 6.07) is 8.44. The maximum Gasteiger partial charge on any atom is 0.224 e. The van der Waals surface area contributed by atoms with Crippen molar-refractivity contribution in [3.63, 3.8) is 0 Å². The van der Waals surface area contributed by atoms with Crippen LogP contribution in [0.2, 0.25) is 0 Å². The molecule has 1 aliphatic rings. The van der Waals surface area contributed by atoms with Crippen LogP contribution in [0.25, 0.3) is 0 Å². The summed E-state index contributed by atoms with van der Waals surface area (Å²) in [5, 5.41) is 3.30. The minimum Gasteiger partial charge on any atom is -0.378 e. The summed E-state index contributed by atoms with van der Waals surface area (Å²) in [4.78, 5) is 13.9. The van der Waals surface area contributed by atoms with Crippen LogP contribution in [-0.2, 0) is 16.1 Å². The summed E-state index contributed by atoms with van der Waals surface area (Å²) in [5.41, 5.74) is 2.40. The molecular weight excluding hydrogens is 240 g/mol. The third-order valence-corrected chi connectivity index (χ3v) is 3.39. The molecule has 4 nitrogen and oxygen atoms in total. The lowest BCUT2D eigenvalue weighted by atomic mass is 10.1. The molecule has 0 radical (unpaired) electrons. The molecule has 4 heteroatoms. The van der Waals surface area contributed by atoms with Gasteiger partial charge in [0.25, 0.3) is 0 Å². The van der Waals surface area contributed by atoms with Gasteiger partial charge in [0.15, 0.2) is 0 Å². The molecule has 1 atom stereocenters. The molecule has 0 spiro atoms. The van der Waals surface area contributed by atoms with Crippen LogP contribution in [0.3, 0.4) is 0 Å². The number of nitrogens with one attached hydrogen (secondary N) is 1. The smallest absolute Gasteiger partial charge is 0.224 e. The highest BCUT2D eigenvalue weighted by molar-refractivity contribution is 5.76. The van der Waals surface area contributed by atoms with E-state index in [0.29, 0.717) is 19.6 Å². The Balaban J connectivity index is 1.83. The van der Waals surface area contributed by atoms with Gasteiger partial charge < -0.3 is 15.0 Å². The predicted octanol–water partition coefficient (Wildman–Crippen LogP) is 1.33. The van der Waals surface area contributed by atoms with Crippen molar-refractivity contribution in [3.8, 4) is 0 Å². The zero-order valence-electron chi connectivity index (χ0n) is 11.7. The molecule has 0 saturated carbocycles. The average molecular weight is 262 g/mol. The molecule has 0 aromatic heterocycles. The van der Waals surface area contributed by atoms with Crippen LogP contribution in [0.5, 0.6) is 0 Å². The molecule has 1 fully saturated rings. The van der Waals surface area contributed by atoms with E-state index in [0.717, 1.165) is 18.7 Å². The number of carbonyl (C=O) groups is 1. The molecule has 1 aromatic rings. The largest absolute Gasteiger partial charge is 0.378 e. The van der Waals surface area contributed by atoms with Crippen molar-refractivity contribution in [1.82, 2.24) is 10.2 Å². The number of rotatable bonds is 4. The fourth-order valence-corrected chi connectivity index (χ4v) is 2.17. The van der Waals surface area contributed by atoms with Crippen LogP contribution in [0.1, 0.15) is 17.5 Å². The lowest BCUT2D eigenvalue weighted by Gasteiger charge is -2.25. The third kappa shape index (κ3) is 4.33. The first-order valence-corrected chi connectivity index (χ1v) is 6.76. The fraction of sp³-hybridized carbons (Fsp3) is 0.533. The van der Waals surface area contributed by atoms with Gasteiger partial charge in [0.05, 0.1) is 13.2 Å². The summed E-state index contributed by atoms with van der Waals surface area (Å²) in [5.74, 6) is 0.156. The lowest BCUT2D eigenvalue weighted by molar-refractivity contribution is -0.131. The number of hydrogen-bond acceptors (Lipinski definition) is 3. The number of aryl methyl sites for hydroxylation is 1. The Kier molecular flexibility index (Phi) is 4.93. The van der Waals surface area contributed by atoms with Crippen molar-refractivity contribution in [2.45, 2.75) is 25.9 Å². The number of nitrogens with zero attached hydrogens (tertiary/aromatic N) is 1. The number of ether oxygens (including phenoxy) is 1. The highest BCUT2D eigenvalue weighted by Crippen LogP contribution is 2.08. The number of carbonyl (C=O) groups excluding carboxylic acids is 1. The highest BCUT2D eigenvalue weighted by atomic mass is 16.5. The molecular formula is C15H22N2O2. The fourth-order valence-electron chi connectivity index (χ4n) is 2.17. The van der Waals surface area contributed by atoms with Gasteiger partial charge in [0, 0.05) is 32.6 Å². The van der Waals surface area contributed by atoms with E-state index in [9.17, 15) is 4.79 Å². The standard InChI is InChI=1S/C15H22N2O2/c1-12-3-5-13(6-4-12)10-17(2)15(18)9-14-11-19-8-7-16-14/h3-6,14,16H,7-11H2,1-2H3. The Bertz CT molecular complexity index is 411. The zero-order chi connectivity index (χ0) is 13.7. The Morgan fingerprint density at radius 3 is 2.79 bits per heavy atom. The highest BCUT2D eigenvalue weighted by Gasteiger charge is 2.19. The van der Waals surface area contributed by atoms with E-state index in [1.54, 1.807) is 4.90 Å². The first-order chi connectivity index (χ1) is 9.15. The second-order valence-corrected chi connectivity index (χ2v) is 5.17. The van der Waals surface area contributed by atoms with E-state index >= 15 is 0 Å². The zero-order valence-corrected chi connectivity index (χ0v) is 11.7. The topological polar surface area (TPSA) is 41.6 Å². The van der Waals surface area contributed by atoms with E-state index in [1.165, 1.54) is 5.56 Å². The number of benzene rings is 1. The predicted molar refractivity (Wildman–Crippen MR) is 74.9 cm³/mol. The summed E-state index contributed by atoms with van der Waals surface area (Å²) >= 11 is 0. The van der Waals surface area contributed by atoms with Crippen LogP contribution in [0.15, 0.2) is 24.3 Å². The Morgan fingerprint density at radius 2 is 2.16 bits per heavy atom. The minimum atomic E-state index is 0.154. The Morgan fingerprint density at radius 1 is 1.42 bits per heavy atom. The number of amides is 1. The van der Waals surface area contributed by atoms with Gasteiger partial charge in [-0.3, -0.25) is 4.79 Å². The van der Waals surface area contributed by atoms with E-state index in [4.69, 9.17) is 4.74 Å². The van der Waals surface area contributed by atoms with Gasteiger partial charge in [-0.15, -0.1) is 0 Å². The lowest BCUT2D eigenvalue weighted by Crippen LogP contribution is -2.44. The Hall–Kier alpha value is -1.39. The minimum absolute atomic E-state index is 0.154. The van der Waals surface area contributed by atoms with Gasteiger partial charge >= 0.3 is 0 Å². The quantitative estimate of drug-likeness (QED) is 0.890. The van der Waals surface area contributed by atoms with Crippen LogP contribution < -0.4 is 5.32 Å². The second kappa shape index (κ2) is 6.68. The molecule has 1 amide bonds. The molecule has 1 unspecified atom stereocenters. The Labute approximate surface area is 114 Å². The van der Waals surface area contributed by atoms with Gasteiger partial charge in [-0.25, -0.2) is 0 Å². The maximum atomic E-state index is 12.1. The van der Waals surface area contributed by atoms with Crippen molar-refractivity contribution in [2.24, 2.45) is 0 Å². The summed E-state index contributed by atoms with van der Waals surface area (Å²) < 4.78 is 5.36. The van der Waals surface area contributed by atoms with Crippen LogP contribution in [-0.4, -0.2) is 43.7 Å². The number of hydrogen-bond donors (Lipinski definition) is 1. The molecule has 104 valence electrons. The molecule has 0 bridgehead atoms. The first-order valence-electron chi connectivity index (χ1n) is 6.76. The number of morpholine rings is 1. The van der Waals surface area contributed by atoms with Crippen molar-refractivity contribution < 1.29 is 9.53 Å². The van der Waals surface area contributed by atoms with Crippen molar-refractivity contribution in [2.75, 3.05) is 26.8 Å². The molecule has 19 heavy (non-hydrogen) atoms. The maximum absolute atomic E-state index is 12.1. The average Bonchev–Trinajstić information content (AvgIpc) is 2.42. The van der Waals surface area contributed by atoms with E-state index in [-0.39, 0.29) is 11.9 Å². The SMILES string of the molecule is Cc1ccc(CN(C)C(=O)CC2COCCN2)cc1. The first kappa shape index (κ1) is 14.0. The second-order valence-electron chi connectivity index (χ2n) is 5.17. The molecule has 2 rings (SSSR count). The summed E-state index contributed by atoms with van der Waals surface area (Å²) in [6.45, 7) is 4.92. The summed E-state index contributed by atoms with van der Waals surface area (Å²) in [6.07, 6.45) is 0.502. The molecule has 1 heterocycles. The van der Waals surface area contributed by atoms with Gasteiger partial charge in [-0.2, -0.15) is 0 Å². The van der Waals surface area contributed by atoms with Crippen molar-refractivity contribution in [1.29, 1.82) is 0 Å². The molecule has 1 saturated heterocycles. The van der Waals surface area contributed by atoms with Gasteiger partial charge in [-0.1, -0.05) is 29.8 Å². The van der Waals surface area contributed by atoms with Gasteiger partial charge in [0.2, 0.25) is 5.91 Å². The summed E-state index contributed by atoms with van der Waals surface area (Å²) in [7, 11) is 1.85. The van der Waals surface area contributed by atoms with E-state index in [1.807, 2.05) is 7.05 Å². The molecule has 1 aromatic carbocycles. The van der Waals surface area contributed by atoms with Gasteiger partial charge in [-0.05, 0) is 12.5 Å². The van der Waals surface area contributed by atoms with Crippen molar-refractivity contribution >= 4 is 5.91 Å². The van der Waals surface area contributed by atoms with E-state index in [2.05, 4.69) is 36.5 Å². The van der Waals surface area contributed by atoms with E-state index < -0.39 is 0 Å². The molecule has 0 aliphatic carbocycles. The monoisotopic (exact) mass is 262 g/mol. The van der Waals surface area contributed by atoms with Crippen LogP contribution in [0.4, 0.5) is 0 Å². The molecule has 1 N–H and O–H groups in total. The van der Waals surface area contributed by atoms with Crippen LogP contribution >= 0.6 is 0 Å².